The van der Waals surface area contributed by atoms with Crippen molar-refractivity contribution in [3.8, 4) is 21.4 Å². The molecule has 4 rings (SSSR count). The number of hydrogen-bond donors (Lipinski definition) is 1. The molecule has 0 fully saturated rings. The van der Waals surface area contributed by atoms with Crippen LogP contribution in [-0.4, -0.2) is 21.0 Å². The molecule has 8 heteroatoms. The standard InChI is InChI=1S/C17H9ClN2O3S2/c18-9-1-3-10(4-2-9)23-13-6-19-7-15-11(13)5-14(25-15)16-20-12(8-24-16)17(21)22/h1-8H,(H,21,22). The highest BCUT2D eigenvalue weighted by atomic mass is 35.5. The number of aromatic carboxylic acids is 1. The summed E-state index contributed by atoms with van der Waals surface area (Å²) in [6.07, 6.45) is 3.40. The van der Waals surface area contributed by atoms with Crippen molar-refractivity contribution in [2.24, 2.45) is 0 Å². The largest absolute Gasteiger partial charge is 0.476 e. The lowest BCUT2D eigenvalue weighted by Gasteiger charge is -2.06. The van der Waals surface area contributed by atoms with E-state index in [2.05, 4.69) is 9.97 Å². The minimum absolute atomic E-state index is 0.0493. The van der Waals surface area contributed by atoms with Crippen molar-refractivity contribution < 1.29 is 14.6 Å². The summed E-state index contributed by atoms with van der Waals surface area (Å²) in [6.45, 7) is 0. The Hall–Kier alpha value is -2.48. The lowest BCUT2D eigenvalue weighted by Crippen LogP contribution is -1.95. The molecule has 4 aromatic rings. The van der Waals surface area contributed by atoms with Crippen LogP contribution in [0.4, 0.5) is 0 Å². The van der Waals surface area contributed by atoms with Crippen LogP contribution in [0.2, 0.25) is 5.02 Å². The smallest absolute Gasteiger partial charge is 0.355 e. The third-order valence-corrected chi connectivity index (χ3v) is 5.72. The molecule has 1 N–H and O–H groups in total. The highest BCUT2D eigenvalue weighted by Gasteiger charge is 2.15. The van der Waals surface area contributed by atoms with Crippen LogP contribution in [0, 0.1) is 0 Å². The number of ether oxygens (including phenoxy) is 1. The number of nitrogens with zero attached hydrogens (tertiary/aromatic N) is 2. The van der Waals surface area contributed by atoms with Crippen LogP contribution in [0.1, 0.15) is 10.5 Å². The SMILES string of the molecule is O=C(O)c1csc(-c2cc3c(Oc4ccc(Cl)cc4)cncc3s2)n1. The van der Waals surface area contributed by atoms with Gasteiger partial charge in [0.15, 0.2) is 11.4 Å². The molecule has 1 aromatic carbocycles. The number of carbonyl (C=O) groups is 1. The van der Waals surface area contributed by atoms with Gasteiger partial charge in [0.1, 0.15) is 10.8 Å². The molecule has 0 aliphatic heterocycles. The fraction of sp³-hybridized carbons (Fsp3) is 0. The number of pyridine rings is 1. The quantitative estimate of drug-likeness (QED) is 0.495. The van der Waals surface area contributed by atoms with Gasteiger partial charge >= 0.3 is 5.97 Å². The maximum Gasteiger partial charge on any atom is 0.355 e. The Labute approximate surface area is 155 Å². The average Bonchev–Trinajstić information content (AvgIpc) is 3.23. The van der Waals surface area contributed by atoms with E-state index in [9.17, 15) is 4.79 Å². The molecule has 0 atom stereocenters. The maximum atomic E-state index is 11.0. The Morgan fingerprint density at radius 3 is 2.72 bits per heavy atom. The Bertz CT molecular complexity index is 1070. The maximum absolute atomic E-state index is 11.0. The third-order valence-electron chi connectivity index (χ3n) is 3.39. The zero-order valence-electron chi connectivity index (χ0n) is 12.5. The van der Waals surface area contributed by atoms with Gasteiger partial charge in [-0.3, -0.25) is 4.98 Å². The summed E-state index contributed by atoms with van der Waals surface area (Å²) >= 11 is 8.69. The van der Waals surface area contributed by atoms with Crippen molar-refractivity contribution in [3.05, 3.63) is 58.8 Å². The second-order valence-electron chi connectivity index (χ2n) is 5.06. The first-order valence-corrected chi connectivity index (χ1v) is 9.18. The Kier molecular flexibility index (Phi) is 4.12. The van der Waals surface area contributed by atoms with Gasteiger partial charge in [-0.15, -0.1) is 22.7 Å². The summed E-state index contributed by atoms with van der Waals surface area (Å²) in [5.74, 6) is 0.253. The summed E-state index contributed by atoms with van der Waals surface area (Å²) in [4.78, 5) is 20.3. The van der Waals surface area contributed by atoms with E-state index in [1.807, 2.05) is 6.07 Å². The molecule has 0 aliphatic carbocycles. The number of rotatable bonds is 4. The highest BCUT2D eigenvalue weighted by Crippen LogP contribution is 2.39. The molecule has 3 aromatic heterocycles. The molecule has 0 spiro atoms. The van der Waals surface area contributed by atoms with E-state index >= 15 is 0 Å². The van der Waals surface area contributed by atoms with Gasteiger partial charge in [0.05, 0.1) is 15.8 Å². The normalized spacial score (nSPS) is 10.9. The van der Waals surface area contributed by atoms with Gasteiger partial charge in [0.25, 0.3) is 0 Å². The Morgan fingerprint density at radius 2 is 2.00 bits per heavy atom. The summed E-state index contributed by atoms with van der Waals surface area (Å²) in [5.41, 5.74) is 0.0493. The molecule has 0 aliphatic rings. The van der Waals surface area contributed by atoms with Crippen molar-refractivity contribution in [1.82, 2.24) is 9.97 Å². The summed E-state index contributed by atoms with van der Waals surface area (Å²) in [7, 11) is 0. The summed E-state index contributed by atoms with van der Waals surface area (Å²) in [5, 5.41) is 12.8. The molecule has 0 bridgehead atoms. The van der Waals surface area contributed by atoms with Crippen LogP contribution in [0.3, 0.4) is 0 Å². The number of carboxylic acids is 1. The number of hydrogen-bond acceptors (Lipinski definition) is 6. The highest BCUT2D eigenvalue weighted by molar-refractivity contribution is 7.25. The van der Waals surface area contributed by atoms with Crippen LogP contribution in [0.25, 0.3) is 20.0 Å². The first-order valence-electron chi connectivity index (χ1n) is 7.10. The molecule has 5 nitrogen and oxygen atoms in total. The van der Waals surface area contributed by atoms with Gasteiger partial charge in [0, 0.05) is 22.0 Å². The van der Waals surface area contributed by atoms with E-state index in [0.29, 0.717) is 21.5 Å². The molecule has 0 saturated heterocycles. The van der Waals surface area contributed by atoms with Crippen LogP contribution < -0.4 is 4.74 Å². The van der Waals surface area contributed by atoms with Crippen LogP contribution >= 0.6 is 34.3 Å². The number of fused-ring (bicyclic) bond motifs is 1. The fourth-order valence-electron chi connectivity index (χ4n) is 2.24. The predicted molar refractivity (Wildman–Crippen MR) is 99.2 cm³/mol. The van der Waals surface area contributed by atoms with Crippen LogP contribution in [-0.2, 0) is 0 Å². The lowest BCUT2D eigenvalue weighted by atomic mass is 10.3. The van der Waals surface area contributed by atoms with Crippen molar-refractivity contribution in [2.75, 3.05) is 0 Å². The zero-order valence-corrected chi connectivity index (χ0v) is 14.9. The number of thiazole rings is 1. The van der Waals surface area contributed by atoms with E-state index < -0.39 is 5.97 Å². The van der Waals surface area contributed by atoms with Gasteiger partial charge in [0.2, 0.25) is 0 Å². The average molecular weight is 389 g/mol. The first kappa shape index (κ1) is 16.0. The van der Waals surface area contributed by atoms with Crippen molar-refractivity contribution in [1.29, 1.82) is 0 Å². The number of benzene rings is 1. The van der Waals surface area contributed by atoms with E-state index in [-0.39, 0.29) is 5.69 Å². The minimum atomic E-state index is -1.03. The topological polar surface area (TPSA) is 72.3 Å². The van der Waals surface area contributed by atoms with Crippen molar-refractivity contribution >= 4 is 50.3 Å². The van der Waals surface area contributed by atoms with Gasteiger partial charge in [-0.1, -0.05) is 11.6 Å². The first-order chi connectivity index (χ1) is 12.1. The molecule has 0 radical (unpaired) electrons. The zero-order chi connectivity index (χ0) is 17.4. The van der Waals surface area contributed by atoms with Crippen LogP contribution in [0.15, 0.2) is 48.1 Å². The lowest BCUT2D eigenvalue weighted by molar-refractivity contribution is 0.0691. The third kappa shape index (κ3) is 3.21. The summed E-state index contributed by atoms with van der Waals surface area (Å²) < 4.78 is 6.85. The van der Waals surface area contributed by atoms with Crippen molar-refractivity contribution in [3.63, 3.8) is 0 Å². The Balaban J connectivity index is 1.72. The number of thiophene rings is 1. The molecular formula is C17H9ClN2O3S2. The monoisotopic (exact) mass is 388 g/mol. The van der Waals surface area contributed by atoms with Gasteiger partial charge in [-0.25, -0.2) is 9.78 Å². The molecule has 0 unspecified atom stereocenters. The molecule has 124 valence electrons. The number of carboxylic acid groups (broad SMARTS) is 1. The number of aromatic nitrogens is 2. The predicted octanol–water partition coefficient (Wildman–Crippen LogP) is 5.56. The van der Waals surface area contributed by atoms with Gasteiger partial charge in [-0.05, 0) is 30.3 Å². The molecule has 0 amide bonds. The van der Waals surface area contributed by atoms with E-state index in [4.69, 9.17) is 21.4 Å². The van der Waals surface area contributed by atoms with E-state index in [1.165, 1.54) is 28.1 Å². The van der Waals surface area contributed by atoms with E-state index in [1.54, 1.807) is 36.7 Å². The second kappa shape index (κ2) is 6.44. The molecule has 25 heavy (non-hydrogen) atoms. The minimum Gasteiger partial charge on any atom is -0.476 e. The molecule has 3 heterocycles. The summed E-state index contributed by atoms with van der Waals surface area (Å²) in [6, 6.07) is 9.03. The van der Waals surface area contributed by atoms with Gasteiger partial charge in [-0.2, -0.15) is 0 Å². The number of halogens is 1. The van der Waals surface area contributed by atoms with E-state index in [0.717, 1.165) is 15.0 Å². The van der Waals surface area contributed by atoms with Crippen molar-refractivity contribution in [2.45, 2.75) is 0 Å². The molecular weight excluding hydrogens is 380 g/mol. The second-order valence-corrected chi connectivity index (χ2v) is 7.44. The van der Waals surface area contributed by atoms with Crippen LogP contribution in [0.5, 0.6) is 11.5 Å². The Morgan fingerprint density at radius 1 is 1.20 bits per heavy atom. The van der Waals surface area contributed by atoms with Gasteiger partial charge < -0.3 is 9.84 Å². The molecule has 0 saturated carbocycles. The fourth-order valence-corrected chi connectivity index (χ4v) is 4.27.